The summed E-state index contributed by atoms with van der Waals surface area (Å²) in [6.07, 6.45) is 15.5. The van der Waals surface area contributed by atoms with Crippen molar-refractivity contribution in [2.75, 3.05) is 0 Å². The molecule has 0 heterocycles. The molecule has 0 aliphatic heterocycles. The summed E-state index contributed by atoms with van der Waals surface area (Å²) in [4.78, 5) is 11.7. The van der Waals surface area contributed by atoms with E-state index in [0.29, 0.717) is 18.6 Å². The average molecular weight is 289 g/mol. The van der Waals surface area contributed by atoms with Gasteiger partial charge in [0, 0.05) is 12.8 Å². The monoisotopic (exact) mass is 289 g/mol. The fourth-order valence-corrected chi connectivity index (χ4v) is 3.26. The standard InChI is InChI=1S/C19H31NO/c1-19(2)15-17(14-18(21)16-19)12-10-8-6-4-3-5-7-9-11-13-20/h14H,3-12,15-16H2,1-2H3. The summed E-state index contributed by atoms with van der Waals surface area (Å²) in [5.41, 5.74) is 1.54. The normalized spacial score (nSPS) is 17.4. The molecule has 21 heavy (non-hydrogen) atoms. The van der Waals surface area contributed by atoms with Crippen LogP contribution in [0.4, 0.5) is 0 Å². The first-order chi connectivity index (χ1) is 10.0. The maximum Gasteiger partial charge on any atom is 0.156 e. The number of carbonyl (C=O) groups is 1. The first kappa shape index (κ1) is 18.0. The molecule has 2 heteroatoms. The van der Waals surface area contributed by atoms with Crippen LogP contribution in [0.5, 0.6) is 0 Å². The topological polar surface area (TPSA) is 40.9 Å². The van der Waals surface area contributed by atoms with Gasteiger partial charge in [-0.3, -0.25) is 4.79 Å². The summed E-state index contributed by atoms with van der Waals surface area (Å²) in [6.45, 7) is 4.40. The summed E-state index contributed by atoms with van der Waals surface area (Å²) in [6, 6.07) is 2.20. The molecule has 0 saturated carbocycles. The van der Waals surface area contributed by atoms with Crippen molar-refractivity contribution < 1.29 is 4.79 Å². The molecule has 1 aliphatic rings. The molecule has 118 valence electrons. The van der Waals surface area contributed by atoms with E-state index in [1.165, 1.54) is 50.5 Å². The molecule has 0 N–H and O–H groups in total. The number of rotatable bonds is 10. The van der Waals surface area contributed by atoms with Crippen LogP contribution in [0.25, 0.3) is 0 Å². The zero-order valence-corrected chi connectivity index (χ0v) is 13.9. The predicted octanol–water partition coefficient (Wildman–Crippen LogP) is 5.73. The zero-order valence-electron chi connectivity index (χ0n) is 13.9. The molecule has 0 radical (unpaired) electrons. The van der Waals surface area contributed by atoms with Gasteiger partial charge in [-0.2, -0.15) is 5.26 Å². The van der Waals surface area contributed by atoms with Crippen molar-refractivity contribution in [2.45, 2.75) is 90.9 Å². The molecule has 0 fully saturated rings. The highest BCUT2D eigenvalue weighted by molar-refractivity contribution is 5.91. The van der Waals surface area contributed by atoms with E-state index in [4.69, 9.17) is 5.26 Å². The van der Waals surface area contributed by atoms with Crippen molar-refractivity contribution in [3.63, 3.8) is 0 Å². The van der Waals surface area contributed by atoms with Crippen LogP contribution in [-0.4, -0.2) is 5.78 Å². The molecule has 1 rings (SSSR count). The molecule has 0 aromatic rings. The smallest absolute Gasteiger partial charge is 0.156 e. The van der Waals surface area contributed by atoms with E-state index < -0.39 is 0 Å². The summed E-state index contributed by atoms with van der Waals surface area (Å²) in [5.74, 6) is 0.318. The third kappa shape index (κ3) is 8.71. The van der Waals surface area contributed by atoms with Gasteiger partial charge < -0.3 is 0 Å². The maximum atomic E-state index is 11.7. The second-order valence-electron chi connectivity index (χ2n) is 7.27. The van der Waals surface area contributed by atoms with Crippen molar-refractivity contribution in [2.24, 2.45) is 5.41 Å². The van der Waals surface area contributed by atoms with Crippen LogP contribution >= 0.6 is 0 Å². The van der Waals surface area contributed by atoms with E-state index in [-0.39, 0.29) is 5.41 Å². The van der Waals surface area contributed by atoms with Crippen molar-refractivity contribution >= 4 is 5.78 Å². The molecule has 1 aliphatic carbocycles. The minimum Gasteiger partial charge on any atom is -0.295 e. The average Bonchev–Trinajstić information content (AvgIpc) is 2.38. The van der Waals surface area contributed by atoms with Gasteiger partial charge >= 0.3 is 0 Å². The number of unbranched alkanes of at least 4 members (excludes halogenated alkanes) is 8. The number of nitriles is 1. The SMILES string of the molecule is CC1(C)CC(=O)C=C(CCCCCCCCCCC#N)C1. The van der Waals surface area contributed by atoms with Crippen LogP contribution < -0.4 is 0 Å². The van der Waals surface area contributed by atoms with Crippen LogP contribution in [0.15, 0.2) is 11.6 Å². The van der Waals surface area contributed by atoms with Gasteiger partial charge in [0.2, 0.25) is 0 Å². The van der Waals surface area contributed by atoms with Crippen LogP contribution in [0.3, 0.4) is 0 Å². The van der Waals surface area contributed by atoms with E-state index in [1.807, 2.05) is 6.08 Å². The Morgan fingerprint density at radius 3 is 2.14 bits per heavy atom. The Morgan fingerprint density at radius 2 is 1.57 bits per heavy atom. The number of ketones is 1. The molecule has 0 atom stereocenters. The van der Waals surface area contributed by atoms with Crippen LogP contribution in [-0.2, 0) is 4.79 Å². The van der Waals surface area contributed by atoms with Crippen LogP contribution in [0.2, 0.25) is 0 Å². The second-order valence-corrected chi connectivity index (χ2v) is 7.27. The van der Waals surface area contributed by atoms with Gasteiger partial charge in [0.15, 0.2) is 5.78 Å². The highest BCUT2D eigenvalue weighted by atomic mass is 16.1. The number of carbonyl (C=O) groups excluding carboxylic acids is 1. The third-order valence-corrected chi connectivity index (χ3v) is 4.26. The maximum absolute atomic E-state index is 11.7. The van der Waals surface area contributed by atoms with Gasteiger partial charge in [-0.1, -0.05) is 57.9 Å². The summed E-state index contributed by atoms with van der Waals surface area (Å²) < 4.78 is 0. The molecule has 2 nitrogen and oxygen atoms in total. The van der Waals surface area contributed by atoms with Crippen molar-refractivity contribution in [1.29, 1.82) is 5.26 Å². The van der Waals surface area contributed by atoms with Gasteiger partial charge in [0.05, 0.1) is 6.07 Å². The van der Waals surface area contributed by atoms with E-state index >= 15 is 0 Å². The molecule has 0 aromatic heterocycles. The lowest BCUT2D eigenvalue weighted by molar-refractivity contribution is -0.117. The molecule has 0 unspecified atom stereocenters. The van der Waals surface area contributed by atoms with Crippen molar-refractivity contribution in [3.8, 4) is 6.07 Å². The predicted molar refractivity (Wildman–Crippen MR) is 87.9 cm³/mol. The molecule has 0 aromatic carbocycles. The van der Waals surface area contributed by atoms with E-state index in [2.05, 4.69) is 19.9 Å². The minimum atomic E-state index is 0.171. The molecular formula is C19H31NO. The Balaban J connectivity index is 2.00. The Kier molecular flexibility index (Phi) is 8.35. The Hall–Kier alpha value is -1.10. The zero-order chi connectivity index (χ0) is 15.6. The van der Waals surface area contributed by atoms with Gasteiger partial charge in [-0.25, -0.2) is 0 Å². The summed E-state index contributed by atoms with van der Waals surface area (Å²) in [5, 5.41) is 8.45. The van der Waals surface area contributed by atoms with Crippen LogP contribution in [0.1, 0.15) is 90.9 Å². The highest BCUT2D eigenvalue weighted by Crippen LogP contribution is 2.35. The fraction of sp³-hybridized carbons (Fsp3) is 0.789. The van der Waals surface area contributed by atoms with Gasteiger partial charge in [0.1, 0.15) is 0 Å². The lowest BCUT2D eigenvalue weighted by Crippen LogP contribution is -2.21. The largest absolute Gasteiger partial charge is 0.295 e. The van der Waals surface area contributed by atoms with Crippen molar-refractivity contribution in [3.05, 3.63) is 11.6 Å². The van der Waals surface area contributed by atoms with Crippen molar-refractivity contribution in [1.82, 2.24) is 0 Å². The number of hydrogen-bond acceptors (Lipinski definition) is 2. The number of nitrogens with zero attached hydrogens (tertiary/aromatic N) is 1. The lowest BCUT2D eigenvalue weighted by atomic mass is 9.76. The number of hydrogen-bond donors (Lipinski definition) is 0. The Morgan fingerprint density at radius 1 is 1.00 bits per heavy atom. The number of allylic oxidation sites excluding steroid dienone is 2. The van der Waals surface area contributed by atoms with E-state index in [0.717, 1.165) is 19.3 Å². The highest BCUT2D eigenvalue weighted by Gasteiger charge is 2.26. The second kappa shape index (κ2) is 9.77. The summed E-state index contributed by atoms with van der Waals surface area (Å²) in [7, 11) is 0. The van der Waals surface area contributed by atoms with E-state index in [1.54, 1.807) is 0 Å². The van der Waals surface area contributed by atoms with E-state index in [9.17, 15) is 4.79 Å². The van der Waals surface area contributed by atoms with Gasteiger partial charge in [-0.05, 0) is 37.2 Å². The molecular weight excluding hydrogens is 258 g/mol. The van der Waals surface area contributed by atoms with Gasteiger partial charge in [0.25, 0.3) is 0 Å². The fourth-order valence-electron chi connectivity index (χ4n) is 3.26. The molecule has 0 saturated heterocycles. The lowest BCUT2D eigenvalue weighted by Gasteiger charge is -2.28. The third-order valence-electron chi connectivity index (χ3n) is 4.26. The first-order valence-electron chi connectivity index (χ1n) is 8.63. The summed E-state index contributed by atoms with van der Waals surface area (Å²) >= 11 is 0. The molecule has 0 spiro atoms. The van der Waals surface area contributed by atoms with Crippen LogP contribution in [0, 0.1) is 16.7 Å². The Bertz CT molecular complexity index is 387. The molecule has 0 amide bonds. The quantitative estimate of drug-likeness (QED) is 0.482. The Labute approximate surface area is 130 Å². The minimum absolute atomic E-state index is 0.171. The molecule has 0 bridgehead atoms. The first-order valence-corrected chi connectivity index (χ1v) is 8.63. The van der Waals surface area contributed by atoms with Gasteiger partial charge in [-0.15, -0.1) is 0 Å².